The lowest BCUT2D eigenvalue weighted by molar-refractivity contribution is -0.148. The molecule has 2 heterocycles. The fourth-order valence-corrected chi connectivity index (χ4v) is 5.43. The van der Waals surface area contributed by atoms with E-state index in [4.69, 9.17) is 4.74 Å². The van der Waals surface area contributed by atoms with Crippen LogP contribution in [0.5, 0.6) is 0 Å². The number of anilines is 1. The number of benzene rings is 1. The van der Waals surface area contributed by atoms with E-state index in [2.05, 4.69) is 4.90 Å². The molecule has 2 fully saturated rings. The molecular weight excluding hydrogens is 364 g/mol. The highest BCUT2D eigenvalue weighted by Crippen LogP contribution is 2.42. The van der Waals surface area contributed by atoms with Gasteiger partial charge in [-0.3, -0.25) is 9.59 Å². The maximum Gasteiger partial charge on any atom is 0.307 e. The summed E-state index contributed by atoms with van der Waals surface area (Å²) in [5.41, 5.74) is 1.98. The minimum absolute atomic E-state index is 0.0722. The third-order valence-electron chi connectivity index (χ3n) is 6.80. The van der Waals surface area contributed by atoms with E-state index < -0.39 is 5.92 Å². The van der Waals surface area contributed by atoms with Crippen molar-refractivity contribution in [2.45, 2.75) is 89.3 Å². The second-order valence-corrected chi connectivity index (χ2v) is 9.12. The van der Waals surface area contributed by atoms with E-state index in [0.29, 0.717) is 0 Å². The van der Waals surface area contributed by atoms with Gasteiger partial charge in [-0.2, -0.15) is 0 Å². The molecule has 1 amide bonds. The molecule has 4 rings (SSSR count). The predicted molar refractivity (Wildman–Crippen MR) is 114 cm³/mol. The normalized spacial score (nSPS) is 24.2. The maximum absolute atomic E-state index is 13.4. The van der Waals surface area contributed by atoms with Crippen LogP contribution in [-0.4, -0.2) is 48.1 Å². The molecule has 0 radical (unpaired) electrons. The second-order valence-electron chi connectivity index (χ2n) is 9.12. The summed E-state index contributed by atoms with van der Waals surface area (Å²) >= 11 is 0. The first-order chi connectivity index (χ1) is 14.0. The van der Waals surface area contributed by atoms with Gasteiger partial charge in [-0.15, -0.1) is 0 Å². The number of ether oxygens (including phenoxy) is 1. The number of carbonyl (C=O) groups is 2. The Morgan fingerprint density at radius 3 is 2.41 bits per heavy atom. The average molecular weight is 399 g/mol. The first-order valence-corrected chi connectivity index (χ1v) is 11.4. The number of likely N-dealkylation sites (tertiary alicyclic amines) is 1. The van der Waals surface area contributed by atoms with Gasteiger partial charge in [-0.1, -0.05) is 37.5 Å². The van der Waals surface area contributed by atoms with E-state index in [-0.39, 0.29) is 30.4 Å². The Balaban J connectivity index is 1.45. The molecule has 5 nitrogen and oxygen atoms in total. The quantitative estimate of drug-likeness (QED) is 0.696. The summed E-state index contributed by atoms with van der Waals surface area (Å²) < 4.78 is 5.32. The van der Waals surface area contributed by atoms with Crippen LogP contribution in [0.15, 0.2) is 24.3 Å². The van der Waals surface area contributed by atoms with Crippen molar-refractivity contribution in [3.05, 3.63) is 29.8 Å². The lowest BCUT2D eigenvalue weighted by Crippen LogP contribution is -2.49. The fraction of sp³-hybridized carbons (Fsp3) is 0.667. The number of esters is 1. The van der Waals surface area contributed by atoms with E-state index in [1.54, 1.807) is 0 Å². The van der Waals surface area contributed by atoms with Crippen LogP contribution in [0, 0.1) is 0 Å². The van der Waals surface area contributed by atoms with Crippen molar-refractivity contribution in [3.63, 3.8) is 0 Å². The zero-order valence-electron chi connectivity index (χ0n) is 17.8. The minimum Gasteiger partial charge on any atom is -0.463 e. The van der Waals surface area contributed by atoms with Crippen LogP contribution >= 0.6 is 0 Å². The van der Waals surface area contributed by atoms with Crippen molar-refractivity contribution in [2.24, 2.45) is 0 Å². The Morgan fingerprint density at radius 2 is 1.72 bits per heavy atom. The van der Waals surface area contributed by atoms with E-state index in [1.165, 1.54) is 32.1 Å². The molecule has 29 heavy (non-hydrogen) atoms. The minimum atomic E-state index is -0.408. The molecule has 0 spiro atoms. The number of hydrogen-bond donors (Lipinski definition) is 0. The highest BCUT2D eigenvalue weighted by atomic mass is 16.5. The van der Waals surface area contributed by atoms with Crippen molar-refractivity contribution in [1.82, 2.24) is 4.90 Å². The molecule has 1 unspecified atom stereocenters. The monoisotopic (exact) mass is 398 g/mol. The molecule has 5 heteroatoms. The summed E-state index contributed by atoms with van der Waals surface area (Å²) in [6.45, 7) is 5.83. The van der Waals surface area contributed by atoms with Gasteiger partial charge >= 0.3 is 5.97 Å². The van der Waals surface area contributed by atoms with Gasteiger partial charge in [0.1, 0.15) is 0 Å². The van der Waals surface area contributed by atoms with Crippen molar-refractivity contribution in [3.8, 4) is 0 Å². The molecule has 0 aromatic heterocycles. The molecule has 0 bridgehead atoms. The topological polar surface area (TPSA) is 49.9 Å². The van der Waals surface area contributed by atoms with E-state index in [1.807, 2.05) is 43.0 Å². The van der Waals surface area contributed by atoms with Crippen LogP contribution in [0.1, 0.15) is 76.7 Å². The molecule has 1 atom stereocenters. The smallest absolute Gasteiger partial charge is 0.307 e. The zero-order valence-corrected chi connectivity index (χ0v) is 17.8. The number of piperidine rings is 1. The second kappa shape index (κ2) is 8.86. The number of nitrogens with zero attached hydrogens (tertiary/aromatic N) is 2. The maximum atomic E-state index is 13.4. The van der Waals surface area contributed by atoms with Crippen LogP contribution in [0.2, 0.25) is 0 Å². The van der Waals surface area contributed by atoms with Gasteiger partial charge in [-0.25, -0.2) is 0 Å². The Bertz CT molecular complexity index is 733. The van der Waals surface area contributed by atoms with Crippen molar-refractivity contribution < 1.29 is 14.3 Å². The van der Waals surface area contributed by atoms with E-state index in [9.17, 15) is 9.59 Å². The number of hydrogen-bond acceptors (Lipinski definition) is 4. The number of para-hydroxylation sites is 1. The Morgan fingerprint density at radius 1 is 1.03 bits per heavy atom. The van der Waals surface area contributed by atoms with Gasteiger partial charge in [0, 0.05) is 30.9 Å². The molecule has 2 aliphatic heterocycles. The van der Waals surface area contributed by atoms with E-state index in [0.717, 1.165) is 43.2 Å². The first kappa shape index (κ1) is 20.4. The van der Waals surface area contributed by atoms with Crippen molar-refractivity contribution >= 4 is 17.6 Å². The lowest BCUT2D eigenvalue weighted by atomic mass is 9.91. The number of amides is 1. The molecule has 0 N–H and O–H groups in total. The molecule has 1 aromatic rings. The molecule has 3 aliphatic rings. The van der Waals surface area contributed by atoms with E-state index >= 15 is 0 Å². The highest BCUT2D eigenvalue weighted by Gasteiger charge is 2.42. The third-order valence-corrected chi connectivity index (χ3v) is 6.80. The predicted octanol–water partition coefficient (Wildman–Crippen LogP) is 4.26. The van der Waals surface area contributed by atoms with Crippen molar-refractivity contribution in [1.29, 1.82) is 0 Å². The van der Waals surface area contributed by atoms with Crippen molar-refractivity contribution in [2.75, 3.05) is 18.0 Å². The Kier molecular flexibility index (Phi) is 6.23. The van der Waals surface area contributed by atoms with Crippen LogP contribution in [0.25, 0.3) is 0 Å². The van der Waals surface area contributed by atoms with Gasteiger partial charge in [0.25, 0.3) is 0 Å². The van der Waals surface area contributed by atoms with Gasteiger partial charge in [0.15, 0.2) is 0 Å². The average Bonchev–Trinajstić information content (AvgIpc) is 3.00. The SMILES string of the molecule is CC(C)OC(=O)CC1C(=O)N(C2CCN(C3CCCCC3)CC2)c2ccccc21. The van der Waals surface area contributed by atoms with Gasteiger partial charge in [0.2, 0.25) is 5.91 Å². The first-order valence-electron chi connectivity index (χ1n) is 11.4. The van der Waals surface area contributed by atoms with Crippen LogP contribution in [-0.2, 0) is 14.3 Å². The molecule has 1 aliphatic carbocycles. The standard InChI is InChI=1S/C24H34N2O3/c1-17(2)29-23(27)16-21-20-10-6-7-11-22(20)26(24(21)28)19-12-14-25(15-13-19)18-8-4-3-5-9-18/h6-7,10-11,17-19,21H,3-5,8-9,12-16H2,1-2H3. The number of carbonyl (C=O) groups excluding carboxylic acids is 2. The summed E-state index contributed by atoms with van der Waals surface area (Å²) in [6, 6.07) is 8.96. The summed E-state index contributed by atoms with van der Waals surface area (Å²) in [5, 5.41) is 0. The summed E-state index contributed by atoms with van der Waals surface area (Å²) in [4.78, 5) is 30.3. The summed E-state index contributed by atoms with van der Waals surface area (Å²) in [6.07, 6.45) is 8.76. The number of fused-ring (bicyclic) bond motifs is 1. The van der Waals surface area contributed by atoms with Gasteiger partial charge < -0.3 is 14.5 Å². The lowest BCUT2D eigenvalue weighted by Gasteiger charge is -2.41. The molecule has 1 aromatic carbocycles. The molecule has 1 saturated heterocycles. The summed E-state index contributed by atoms with van der Waals surface area (Å²) in [7, 11) is 0. The third kappa shape index (κ3) is 4.35. The Labute approximate surface area is 174 Å². The zero-order chi connectivity index (χ0) is 20.4. The highest BCUT2D eigenvalue weighted by molar-refractivity contribution is 6.06. The van der Waals surface area contributed by atoms with Crippen LogP contribution in [0.4, 0.5) is 5.69 Å². The number of rotatable bonds is 5. The largest absolute Gasteiger partial charge is 0.463 e. The molecular formula is C24H34N2O3. The summed E-state index contributed by atoms with van der Waals surface area (Å²) in [5.74, 6) is -0.626. The van der Waals surface area contributed by atoms with Crippen LogP contribution < -0.4 is 4.90 Å². The molecule has 158 valence electrons. The Hall–Kier alpha value is -1.88. The van der Waals surface area contributed by atoms with Gasteiger partial charge in [-0.05, 0) is 51.2 Å². The van der Waals surface area contributed by atoms with Crippen LogP contribution in [0.3, 0.4) is 0 Å². The van der Waals surface area contributed by atoms with Gasteiger partial charge in [0.05, 0.1) is 18.4 Å². The fourth-order valence-electron chi connectivity index (χ4n) is 5.43. The molecule has 1 saturated carbocycles.